The van der Waals surface area contributed by atoms with Gasteiger partial charge in [0.05, 0.1) is 18.2 Å². The second-order valence-corrected chi connectivity index (χ2v) is 8.79. The number of hydrogen-bond donors (Lipinski definition) is 3. The first-order valence-electron chi connectivity index (χ1n) is 9.41. The van der Waals surface area contributed by atoms with E-state index >= 15 is 0 Å². The first-order chi connectivity index (χ1) is 14.4. The van der Waals surface area contributed by atoms with E-state index in [1.54, 1.807) is 24.3 Å². The molecule has 9 heteroatoms. The van der Waals surface area contributed by atoms with Gasteiger partial charge in [0.1, 0.15) is 5.01 Å². The van der Waals surface area contributed by atoms with Crippen molar-refractivity contribution >= 4 is 45.4 Å². The molecule has 30 heavy (non-hydrogen) atoms. The molecule has 0 bridgehead atoms. The third-order valence-electron chi connectivity index (χ3n) is 4.43. The van der Waals surface area contributed by atoms with Crippen molar-refractivity contribution in [2.45, 2.75) is 32.2 Å². The van der Waals surface area contributed by atoms with Crippen molar-refractivity contribution in [3.05, 3.63) is 80.8 Å². The monoisotopic (exact) mass is 463 g/mol. The van der Waals surface area contributed by atoms with Crippen molar-refractivity contribution in [1.82, 2.24) is 10.3 Å². The van der Waals surface area contributed by atoms with E-state index < -0.39 is 10.9 Å². The summed E-state index contributed by atoms with van der Waals surface area (Å²) < 4.78 is 24.0. The molecule has 1 aromatic heterocycles. The fourth-order valence-electron chi connectivity index (χ4n) is 2.98. The van der Waals surface area contributed by atoms with Gasteiger partial charge in [-0.2, -0.15) is 0 Å². The Labute approximate surface area is 186 Å². The summed E-state index contributed by atoms with van der Waals surface area (Å²) in [7, 11) is -2.70. The van der Waals surface area contributed by atoms with Crippen molar-refractivity contribution in [1.29, 1.82) is 0 Å². The maximum atomic E-state index is 12.7. The average molecular weight is 464 g/mol. The van der Waals surface area contributed by atoms with Gasteiger partial charge in [0.2, 0.25) is 16.8 Å². The van der Waals surface area contributed by atoms with E-state index in [-0.39, 0.29) is 18.4 Å². The van der Waals surface area contributed by atoms with Crippen LogP contribution in [0.5, 0.6) is 0 Å². The molecule has 2 N–H and O–H groups in total. The number of nitrogens with zero attached hydrogens (tertiary/aromatic N) is 1. The summed E-state index contributed by atoms with van der Waals surface area (Å²) in [5.41, 5.74) is 3.29. The minimum absolute atomic E-state index is 0.114. The van der Waals surface area contributed by atoms with E-state index in [1.165, 1.54) is 11.3 Å². The molecule has 0 aliphatic heterocycles. The van der Waals surface area contributed by atoms with Gasteiger partial charge in [-0.25, -0.2) is 13.4 Å². The van der Waals surface area contributed by atoms with E-state index in [9.17, 15) is 13.2 Å². The predicted octanol–water partition coefficient (Wildman–Crippen LogP) is 3.94. The molecule has 3 rings (SSSR count). The van der Waals surface area contributed by atoms with Crippen molar-refractivity contribution < 1.29 is 13.2 Å². The standard InChI is InChI=1S/C21H22ClN3O3S2/c1-2-17-13-29-21(23-17)19(11-14-6-8-18(9-7-14)25-30(27)28)24-20(26)12-15-4-3-5-16(22)10-15/h3-10,13,19,30H,2,11-12H2,1H3,(H,24,26)(H,25,27,28)/t19-/m0/s1. The average Bonchev–Trinajstić information content (AvgIpc) is 3.18. The van der Waals surface area contributed by atoms with Gasteiger partial charge in [-0.05, 0) is 48.2 Å². The summed E-state index contributed by atoms with van der Waals surface area (Å²) in [5.74, 6) is -0.114. The third-order valence-corrected chi connectivity index (χ3v) is 6.12. The Morgan fingerprint density at radius 2 is 1.93 bits per heavy atom. The minimum atomic E-state index is -2.70. The molecule has 0 radical (unpaired) electrons. The molecule has 1 amide bonds. The van der Waals surface area contributed by atoms with E-state index in [4.69, 9.17) is 11.6 Å². The number of halogens is 1. The van der Waals surface area contributed by atoms with Crippen LogP contribution in [-0.4, -0.2) is 19.3 Å². The molecule has 2 aromatic carbocycles. The maximum absolute atomic E-state index is 12.7. The quantitative estimate of drug-likeness (QED) is 0.419. The number of anilines is 1. The molecule has 6 nitrogen and oxygen atoms in total. The molecular weight excluding hydrogens is 442 g/mol. The highest BCUT2D eigenvalue weighted by Gasteiger charge is 2.19. The zero-order chi connectivity index (χ0) is 21.5. The second kappa shape index (κ2) is 10.6. The lowest BCUT2D eigenvalue weighted by molar-refractivity contribution is -0.121. The molecule has 1 heterocycles. The molecule has 0 spiro atoms. The van der Waals surface area contributed by atoms with Crippen LogP contribution >= 0.6 is 22.9 Å². The van der Waals surface area contributed by atoms with Crippen LogP contribution in [0.2, 0.25) is 5.02 Å². The molecule has 0 fully saturated rings. The number of amides is 1. The molecule has 1 atom stereocenters. The molecule has 0 aliphatic carbocycles. The third kappa shape index (κ3) is 6.55. The van der Waals surface area contributed by atoms with Crippen LogP contribution in [-0.2, 0) is 34.9 Å². The van der Waals surface area contributed by atoms with Gasteiger partial charge in [0, 0.05) is 16.1 Å². The van der Waals surface area contributed by atoms with E-state index in [0.29, 0.717) is 17.1 Å². The van der Waals surface area contributed by atoms with Gasteiger partial charge >= 0.3 is 0 Å². The predicted molar refractivity (Wildman–Crippen MR) is 122 cm³/mol. The first kappa shape index (κ1) is 22.3. The maximum Gasteiger partial charge on any atom is 0.224 e. The lowest BCUT2D eigenvalue weighted by Gasteiger charge is -2.17. The fraction of sp³-hybridized carbons (Fsp3) is 0.238. The van der Waals surface area contributed by atoms with Gasteiger partial charge in [-0.1, -0.05) is 42.8 Å². The Kier molecular flexibility index (Phi) is 7.84. The zero-order valence-corrected chi connectivity index (χ0v) is 18.8. The largest absolute Gasteiger partial charge is 0.346 e. The summed E-state index contributed by atoms with van der Waals surface area (Å²) >= 11 is 7.54. The Bertz CT molecular complexity index is 1070. The number of rotatable bonds is 9. The van der Waals surface area contributed by atoms with Gasteiger partial charge in [-0.15, -0.1) is 11.3 Å². The smallest absolute Gasteiger partial charge is 0.224 e. The number of aryl methyl sites for hydroxylation is 1. The molecule has 0 aliphatic rings. The second-order valence-electron chi connectivity index (χ2n) is 6.73. The molecule has 0 saturated heterocycles. The summed E-state index contributed by atoms with van der Waals surface area (Å²) in [6.07, 6.45) is 1.59. The van der Waals surface area contributed by atoms with Crippen molar-refractivity contribution in [3.8, 4) is 0 Å². The van der Waals surface area contributed by atoms with E-state index in [2.05, 4.69) is 15.0 Å². The van der Waals surface area contributed by atoms with E-state index in [0.717, 1.165) is 28.2 Å². The highest BCUT2D eigenvalue weighted by atomic mass is 35.5. The summed E-state index contributed by atoms with van der Waals surface area (Å²) in [5, 5.41) is 6.53. The molecule has 158 valence electrons. The SMILES string of the molecule is CCc1csc([C@H](Cc2ccc(N[SH](=O)=O)cc2)NC(=O)Cc2cccc(Cl)c2)n1. The van der Waals surface area contributed by atoms with Gasteiger partial charge in [0.15, 0.2) is 0 Å². The van der Waals surface area contributed by atoms with Crippen LogP contribution in [0.25, 0.3) is 0 Å². The van der Waals surface area contributed by atoms with Crippen LogP contribution in [0.4, 0.5) is 5.69 Å². The number of carbonyl (C=O) groups is 1. The van der Waals surface area contributed by atoms with E-state index in [1.807, 2.05) is 36.6 Å². The van der Waals surface area contributed by atoms with Crippen molar-refractivity contribution in [3.63, 3.8) is 0 Å². The Morgan fingerprint density at radius 3 is 2.57 bits per heavy atom. The fourth-order valence-corrected chi connectivity index (χ4v) is 4.50. The van der Waals surface area contributed by atoms with Crippen LogP contribution in [0.1, 0.15) is 34.8 Å². The lowest BCUT2D eigenvalue weighted by atomic mass is 10.0. The van der Waals surface area contributed by atoms with Gasteiger partial charge in [0.25, 0.3) is 0 Å². The van der Waals surface area contributed by atoms with Crippen molar-refractivity contribution in [2.24, 2.45) is 0 Å². The topological polar surface area (TPSA) is 88.2 Å². The lowest BCUT2D eigenvalue weighted by Crippen LogP contribution is -2.31. The van der Waals surface area contributed by atoms with Crippen LogP contribution < -0.4 is 10.0 Å². The highest BCUT2D eigenvalue weighted by molar-refractivity contribution is 7.73. The Balaban J connectivity index is 1.75. The Morgan fingerprint density at radius 1 is 1.17 bits per heavy atom. The number of thiol groups is 1. The minimum Gasteiger partial charge on any atom is -0.346 e. The number of aromatic nitrogens is 1. The number of hydrogen-bond acceptors (Lipinski definition) is 5. The Hall–Kier alpha value is -2.42. The normalized spacial score (nSPS) is 12.0. The molecule has 0 saturated carbocycles. The number of nitrogens with one attached hydrogen (secondary N) is 2. The molecule has 0 unspecified atom stereocenters. The van der Waals surface area contributed by atoms with Gasteiger partial charge in [-0.3, -0.25) is 9.52 Å². The van der Waals surface area contributed by atoms with Crippen LogP contribution in [0.15, 0.2) is 53.9 Å². The van der Waals surface area contributed by atoms with Gasteiger partial charge < -0.3 is 5.32 Å². The molecular formula is C21H22ClN3O3S2. The summed E-state index contributed by atoms with van der Waals surface area (Å²) in [4.78, 5) is 17.3. The van der Waals surface area contributed by atoms with Crippen molar-refractivity contribution in [2.75, 3.05) is 4.72 Å². The highest BCUT2D eigenvalue weighted by Crippen LogP contribution is 2.24. The summed E-state index contributed by atoms with van der Waals surface area (Å²) in [6, 6.07) is 14.0. The zero-order valence-electron chi connectivity index (χ0n) is 16.3. The first-order valence-corrected chi connectivity index (χ1v) is 11.8. The number of carbonyl (C=O) groups excluding carboxylic acids is 1. The summed E-state index contributed by atoms with van der Waals surface area (Å²) in [6.45, 7) is 2.04. The molecule has 3 aromatic rings. The van der Waals surface area contributed by atoms with Crippen LogP contribution in [0.3, 0.4) is 0 Å². The number of thiazole rings is 1. The number of benzene rings is 2. The van der Waals surface area contributed by atoms with Crippen LogP contribution in [0, 0.1) is 0 Å².